The third-order valence-electron chi connectivity index (χ3n) is 5.82. The van der Waals surface area contributed by atoms with Crippen LogP contribution in [0, 0.1) is 16.7 Å². The van der Waals surface area contributed by atoms with E-state index in [1.165, 1.54) is 17.2 Å². The maximum atomic E-state index is 13.2. The minimum Gasteiger partial charge on any atom is -0.316 e. The average Bonchev–Trinajstić information content (AvgIpc) is 3.32. The molecule has 2 aliphatic rings. The van der Waals surface area contributed by atoms with Crippen LogP contribution in [0.4, 0.5) is 13.2 Å². The highest BCUT2D eigenvalue weighted by Gasteiger charge is 2.37. The molecular weight excluding hydrogens is 371 g/mol. The molecule has 0 unspecified atom stereocenters. The fourth-order valence-corrected chi connectivity index (χ4v) is 4.11. The summed E-state index contributed by atoms with van der Waals surface area (Å²) in [5.74, 6) is 0.485. The van der Waals surface area contributed by atoms with Gasteiger partial charge in [0.2, 0.25) is 0 Å². The van der Waals surface area contributed by atoms with E-state index in [9.17, 15) is 13.2 Å². The third-order valence-corrected chi connectivity index (χ3v) is 5.82. The Morgan fingerprint density at radius 2 is 2.00 bits per heavy atom. The zero-order valence-corrected chi connectivity index (χ0v) is 15.2. The normalized spacial score (nSPS) is 19.8. The first-order valence-corrected chi connectivity index (χ1v) is 9.22. The van der Waals surface area contributed by atoms with Crippen LogP contribution in [0.1, 0.15) is 36.2 Å². The SMILES string of the molecule is N#Cc1ccc(-n2nnnc2CN2CCC3(CCNC3)CC2)cc1C(F)(F)F. The summed E-state index contributed by atoms with van der Waals surface area (Å²) in [6, 6.07) is 5.10. The predicted octanol–water partition coefficient (Wildman–Crippen LogP) is 2.13. The van der Waals surface area contributed by atoms with Gasteiger partial charge in [0.15, 0.2) is 5.82 Å². The number of likely N-dealkylation sites (tertiary alicyclic amines) is 1. The number of aromatic nitrogens is 4. The smallest absolute Gasteiger partial charge is 0.316 e. The van der Waals surface area contributed by atoms with Gasteiger partial charge in [0, 0.05) is 6.54 Å². The fourth-order valence-electron chi connectivity index (χ4n) is 4.11. The van der Waals surface area contributed by atoms with Crippen LogP contribution in [0.15, 0.2) is 18.2 Å². The van der Waals surface area contributed by atoms with E-state index in [0.717, 1.165) is 51.2 Å². The topological polar surface area (TPSA) is 82.7 Å². The molecule has 0 aliphatic carbocycles. The van der Waals surface area contributed by atoms with Gasteiger partial charge >= 0.3 is 6.18 Å². The molecule has 4 rings (SSSR count). The van der Waals surface area contributed by atoms with E-state index in [1.807, 2.05) is 0 Å². The number of nitrogens with zero attached hydrogens (tertiary/aromatic N) is 6. The van der Waals surface area contributed by atoms with Crippen molar-refractivity contribution < 1.29 is 13.2 Å². The summed E-state index contributed by atoms with van der Waals surface area (Å²) < 4.78 is 41.1. The summed E-state index contributed by atoms with van der Waals surface area (Å²) in [6.07, 6.45) is -1.23. The molecular formula is C18H20F3N7. The molecule has 0 atom stereocenters. The summed E-state index contributed by atoms with van der Waals surface area (Å²) >= 11 is 0. The second-order valence-corrected chi connectivity index (χ2v) is 7.55. The van der Waals surface area contributed by atoms with Crippen LogP contribution in [0.3, 0.4) is 0 Å². The number of benzene rings is 1. The maximum Gasteiger partial charge on any atom is 0.417 e. The number of rotatable bonds is 3. The first kappa shape index (κ1) is 18.8. The second kappa shape index (κ2) is 7.14. The second-order valence-electron chi connectivity index (χ2n) is 7.55. The fraction of sp³-hybridized carbons (Fsp3) is 0.556. The Hall–Kier alpha value is -2.51. The summed E-state index contributed by atoms with van der Waals surface area (Å²) in [7, 11) is 0. The highest BCUT2D eigenvalue weighted by molar-refractivity contribution is 5.47. The van der Waals surface area contributed by atoms with Gasteiger partial charge in [-0.15, -0.1) is 5.10 Å². The number of tetrazole rings is 1. The van der Waals surface area contributed by atoms with Gasteiger partial charge < -0.3 is 5.32 Å². The average molecular weight is 391 g/mol. The third kappa shape index (κ3) is 3.59. The van der Waals surface area contributed by atoms with Crippen molar-refractivity contribution >= 4 is 0 Å². The Balaban J connectivity index is 1.53. The molecule has 2 fully saturated rings. The lowest BCUT2D eigenvalue weighted by molar-refractivity contribution is -0.137. The highest BCUT2D eigenvalue weighted by Crippen LogP contribution is 2.37. The molecule has 1 aromatic heterocycles. The highest BCUT2D eigenvalue weighted by atomic mass is 19.4. The Bertz CT molecular complexity index is 883. The van der Waals surface area contributed by atoms with Crippen molar-refractivity contribution in [1.29, 1.82) is 5.26 Å². The van der Waals surface area contributed by atoms with Gasteiger partial charge in [-0.1, -0.05) is 0 Å². The van der Waals surface area contributed by atoms with Crippen molar-refractivity contribution in [3.8, 4) is 11.8 Å². The van der Waals surface area contributed by atoms with Gasteiger partial charge in [0.05, 0.1) is 29.4 Å². The lowest BCUT2D eigenvalue weighted by atomic mass is 9.78. The zero-order chi connectivity index (χ0) is 19.8. The van der Waals surface area contributed by atoms with Gasteiger partial charge in [0.1, 0.15) is 0 Å². The van der Waals surface area contributed by atoms with Gasteiger partial charge in [0.25, 0.3) is 0 Å². The number of nitriles is 1. The Kier molecular flexibility index (Phi) is 4.81. The minimum atomic E-state index is -4.62. The monoisotopic (exact) mass is 391 g/mol. The van der Waals surface area contributed by atoms with Crippen LogP contribution in [-0.2, 0) is 12.7 Å². The molecule has 0 bridgehead atoms. The zero-order valence-electron chi connectivity index (χ0n) is 15.2. The number of nitrogens with one attached hydrogen (secondary N) is 1. The molecule has 0 amide bonds. The van der Waals surface area contributed by atoms with E-state index in [4.69, 9.17) is 5.26 Å². The standard InChI is InChI=1S/C18H20F3N7/c19-18(20,21)15-9-14(2-1-13(15)10-22)28-16(24-25-26-28)11-27-7-4-17(5-8-27)3-6-23-12-17/h1-2,9,23H,3-8,11-12H2. The van der Waals surface area contributed by atoms with Crippen LogP contribution < -0.4 is 5.32 Å². The molecule has 2 aromatic rings. The molecule has 2 aliphatic heterocycles. The summed E-state index contributed by atoms with van der Waals surface area (Å²) in [4.78, 5) is 2.24. The number of hydrogen-bond donors (Lipinski definition) is 1. The van der Waals surface area contributed by atoms with Crippen molar-refractivity contribution in [2.24, 2.45) is 5.41 Å². The molecule has 1 N–H and O–H groups in total. The summed E-state index contributed by atoms with van der Waals surface area (Å²) in [5, 5.41) is 23.9. The quantitative estimate of drug-likeness (QED) is 0.863. The lowest BCUT2D eigenvalue weighted by Gasteiger charge is -2.38. The van der Waals surface area contributed by atoms with Crippen LogP contribution in [-0.4, -0.2) is 51.3 Å². The number of halogens is 3. The molecule has 7 nitrogen and oxygen atoms in total. The van der Waals surface area contributed by atoms with E-state index >= 15 is 0 Å². The first-order valence-electron chi connectivity index (χ1n) is 9.22. The van der Waals surface area contributed by atoms with Crippen molar-refractivity contribution in [1.82, 2.24) is 30.4 Å². The molecule has 28 heavy (non-hydrogen) atoms. The Morgan fingerprint density at radius 3 is 2.64 bits per heavy atom. The Morgan fingerprint density at radius 1 is 1.21 bits per heavy atom. The number of alkyl halides is 3. The molecule has 2 saturated heterocycles. The van der Waals surface area contributed by atoms with Crippen LogP contribution in [0.25, 0.3) is 5.69 Å². The molecule has 1 aromatic carbocycles. The van der Waals surface area contributed by atoms with E-state index < -0.39 is 17.3 Å². The molecule has 0 radical (unpaired) electrons. The largest absolute Gasteiger partial charge is 0.417 e. The molecule has 1 spiro atoms. The van der Waals surface area contributed by atoms with Crippen molar-refractivity contribution in [3.05, 3.63) is 35.2 Å². The van der Waals surface area contributed by atoms with Crippen molar-refractivity contribution in [2.45, 2.75) is 32.0 Å². The van der Waals surface area contributed by atoms with Gasteiger partial charge in [-0.05, 0) is 72.9 Å². The first-order chi connectivity index (χ1) is 13.4. The van der Waals surface area contributed by atoms with Gasteiger partial charge in [-0.2, -0.15) is 23.1 Å². The van der Waals surface area contributed by atoms with E-state index in [-0.39, 0.29) is 5.69 Å². The van der Waals surface area contributed by atoms with Gasteiger partial charge in [-0.25, -0.2) is 0 Å². The molecule has 148 valence electrons. The minimum absolute atomic E-state index is 0.194. The van der Waals surface area contributed by atoms with Crippen LogP contribution >= 0.6 is 0 Å². The maximum absolute atomic E-state index is 13.2. The van der Waals surface area contributed by atoms with Crippen molar-refractivity contribution in [3.63, 3.8) is 0 Å². The summed E-state index contributed by atoms with van der Waals surface area (Å²) in [5.41, 5.74) is -0.822. The van der Waals surface area contributed by atoms with Crippen LogP contribution in [0.5, 0.6) is 0 Å². The number of piperidine rings is 1. The molecule has 10 heteroatoms. The Labute approximate surface area is 160 Å². The lowest BCUT2D eigenvalue weighted by Crippen LogP contribution is -2.41. The van der Waals surface area contributed by atoms with Crippen molar-refractivity contribution in [2.75, 3.05) is 26.2 Å². The van der Waals surface area contributed by atoms with E-state index in [2.05, 4.69) is 25.7 Å². The van der Waals surface area contributed by atoms with Crippen LogP contribution in [0.2, 0.25) is 0 Å². The van der Waals surface area contributed by atoms with E-state index in [0.29, 0.717) is 17.8 Å². The number of hydrogen-bond acceptors (Lipinski definition) is 6. The van der Waals surface area contributed by atoms with E-state index in [1.54, 1.807) is 6.07 Å². The summed E-state index contributed by atoms with van der Waals surface area (Å²) in [6.45, 7) is 4.42. The van der Waals surface area contributed by atoms with Gasteiger partial charge in [-0.3, -0.25) is 4.90 Å². The predicted molar refractivity (Wildman–Crippen MR) is 93.3 cm³/mol. The molecule has 3 heterocycles. The molecule has 0 saturated carbocycles.